The van der Waals surface area contributed by atoms with Gasteiger partial charge in [-0.2, -0.15) is 5.26 Å². The van der Waals surface area contributed by atoms with E-state index in [0.717, 1.165) is 12.8 Å². The molecule has 0 unspecified atom stereocenters. The number of benzene rings is 1. The van der Waals surface area contributed by atoms with Gasteiger partial charge >= 0.3 is 0 Å². The zero-order valence-corrected chi connectivity index (χ0v) is 9.27. The lowest BCUT2D eigenvalue weighted by atomic mass is 10.2. The third-order valence-corrected chi connectivity index (χ3v) is 2.48. The Bertz CT molecular complexity index is 475. The number of carbonyl (C=O) groups is 1. The number of rotatable bonds is 4. The molecule has 5 nitrogen and oxygen atoms in total. The second-order valence-electron chi connectivity index (χ2n) is 3.95. The normalized spacial score (nSPS) is 13.8. The third kappa shape index (κ3) is 2.88. The molecule has 3 N–H and O–H groups in total. The molecule has 0 aliphatic heterocycles. The Labute approximate surface area is 99.2 Å². The molecule has 0 radical (unpaired) electrons. The van der Waals surface area contributed by atoms with Crippen LogP contribution >= 0.6 is 0 Å². The number of nitriles is 1. The number of anilines is 1. The van der Waals surface area contributed by atoms with Crippen molar-refractivity contribution >= 4 is 11.6 Å². The number of hydrogen-bond donors (Lipinski definition) is 2. The molecule has 1 aromatic rings. The number of ether oxygens (including phenoxy) is 1. The predicted octanol–water partition coefficient (Wildman–Crippen LogP) is 1.06. The van der Waals surface area contributed by atoms with Crippen molar-refractivity contribution in [2.75, 3.05) is 12.3 Å². The highest BCUT2D eigenvalue weighted by atomic mass is 16.5. The quantitative estimate of drug-likeness (QED) is 0.758. The summed E-state index contributed by atoms with van der Waals surface area (Å²) in [5.41, 5.74) is 6.60. The standard InChI is InChI=1S/C12H13N3O2/c13-5-6-17-11-7-8(1-4-10(11)14)12(16)15-9-2-3-9/h1,4,7,9H,2-3,6,14H2,(H,15,16). The van der Waals surface area contributed by atoms with Gasteiger partial charge in [0.15, 0.2) is 6.61 Å². The Morgan fingerprint density at radius 3 is 3.00 bits per heavy atom. The Kier molecular flexibility index (Phi) is 3.15. The second kappa shape index (κ2) is 4.74. The van der Waals surface area contributed by atoms with Gasteiger partial charge in [-0.05, 0) is 31.0 Å². The molecule has 88 valence electrons. The maximum atomic E-state index is 11.8. The Morgan fingerprint density at radius 1 is 1.59 bits per heavy atom. The number of nitrogen functional groups attached to an aromatic ring is 1. The van der Waals surface area contributed by atoms with Gasteiger partial charge in [0, 0.05) is 11.6 Å². The highest BCUT2D eigenvalue weighted by molar-refractivity contribution is 5.95. The fourth-order valence-corrected chi connectivity index (χ4v) is 1.41. The topological polar surface area (TPSA) is 88.1 Å². The Balaban J connectivity index is 2.11. The fraction of sp³-hybridized carbons (Fsp3) is 0.333. The van der Waals surface area contributed by atoms with E-state index in [9.17, 15) is 4.79 Å². The fourth-order valence-electron chi connectivity index (χ4n) is 1.41. The van der Waals surface area contributed by atoms with Crippen molar-refractivity contribution in [2.24, 2.45) is 0 Å². The van der Waals surface area contributed by atoms with Crippen LogP contribution in [0.5, 0.6) is 5.75 Å². The number of nitrogens with two attached hydrogens (primary N) is 1. The molecule has 1 aliphatic carbocycles. The summed E-state index contributed by atoms with van der Waals surface area (Å²) >= 11 is 0. The zero-order valence-electron chi connectivity index (χ0n) is 9.27. The SMILES string of the molecule is N#CCOc1cc(C(=O)NC2CC2)ccc1N. The summed E-state index contributed by atoms with van der Waals surface area (Å²) in [6, 6.07) is 6.98. The smallest absolute Gasteiger partial charge is 0.251 e. The Morgan fingerprint density at radius 2 is 2.35 bits per heavy atom. The molecule has 0 saturated heterocycles. The van der Waals surface area contributed by atoms with Crippen LogP contribution in [0.25, 0.3) is 0 Å². The molecule has 0 aromatic heterocycles. The van der Waals surface area contributed by atoms with Gasteiger partial charge in [-0.1, -0.05) is 0 Å². The van der Waals surface area contributed by atoms with Crippen molar-refractivity contribution in [2.45, 2.75) is 18.9 Å². The average molecular weight is 231 g/mol. The molecule has 1 aliphatic rings. The maximum Gasteiger partial charge on any atom is 0.251 e. The van der Waals surface area contributed by atoms with Crippen LogP contribution in [-0.4, -0.2) is 18.6 Å². The van der Waals surface area contributed by atoms with Gasteiger partial charge in [0.05, 0.1) is 5.69 Å². The van der Waals surface area contributed by atoms with Crippen LogP contribution < -0.4 is 15.8 Å². The van der Waals surface area contributed by atoms with Crippen molar-refractivity contribution in [3.05, 3.63) is 23.8 Å². The number of amides is 1. The monoisotopic (exact) mass is 231 g/mol. The van der Waals surface area contributed by atoms with Crippen LogP contribution in [0.1, 0.15) is 23.2 Å². The minimum Gasteiger partial charge on any atom is -0.477 e. The minimum absolute atomic E-state index is 0.0854. The van der Waals surface area contributed by atoms with E-state index in [0.29, 0.717) is 23.0 Å². The third-order valence-electron chi connectivity index (χ3n) is 2.48. The summed E-state index contributed by atoms with van der Waals surface area (Å²) in [6.45, 7) is -0.0854. The van der Waals surface area contributed by atoms with Crippen LogP contribution in [0.4, 0.5) is 5.69 Å². The number of carbonyl (C=O) groups excluding carboxylic acids is 1. The van der Waals surface area contributed by atoms with Crippen molar-refractivity contribution in [1.82, 2.24) is 5.32 Å². The van der Waals surface area contributed by atoms with E-state index < -0.39 is 0 Å². The van der Waals surface area contributed by atoms with E-state index >= 15 is 0 Å². The van der Waals surface area contributed by atoms with Gasteiger partial charge in [0.25, 0.3) is 5.91 Å². The lowest BCUT2D eigenvalue weighted by molar-refractivity contribution is 0.0950. The molecule has 0 heterocycles. The zero-order chi connectivity index (χ0) is 12.3. The minimum atomic E-state index is -0.130. The van der Waals surface area contributed by atoms with E-state index in [1.807, 2.05) is 6.07 Å². The predicted molar refractivity (Wildman–Crippen MR) is 62.5 cm³/mol. The van der Waals surface area contributed by atoms with Gasteiger partial charge in [-0.25, -0.2) is 0 Å². The molecule has 5 heteroatoms. The lowest BCUT2D eigenvalue weighted by Crippen LogP contribution is -2.25. The summed E-state index contributed by atoms with van der Waals surface area (Å²) in [5.74, 6) is 0.240. The first kappa shape index (κ1) is 11.3. The molecule has 0 bridgehead atoms. The van der Waals surface area contributed by atoms with Crippen LogP contribution in [0.3, 0.4) is 0 Å². The summed E-state index contributed by atoms with van der Waals surface area (Å²) in [7, 11) is 0. The molecule has 17 heavy (non-hydrogen) atoms. The molecule has 0 spiro atoms. The number of hydrogen-bond acceptors (Lipinski definition) is 4. The van der Waals surface area contributed by atoms with Gasteiger partial charge in [-0.15, -0.1) is 0 Å². The first-order chi connectivity index (χ1) is 8.20. The van der Waals surface area contributed by atoms with E-state index in [2.05, 4.69) is 5.32 Å². The average Bonchev–Trinajstić information content (AvgIpc) is 3.11. The summed E-state index contributed by atoms with van der Waals surface area (Å²) in [6.07, 6.45) is 2.08. The number of nitrogens with zero attached hydrogens (tertiary/aromatic N) is 1. The second-order valence-corrected chi connectivity index (χ2v) is 3.95. The molecular weight excluding hydrogens is 218 g/mol. The first-order valence-corrected chi connectivity index (χ1v) is 5.41. The lowest BCUT2D eigenvalue weighted by Gasteiger charge is -2.08. The molecule has 1 aromatic carbocycles. The van der Waals surface area contributed by atoms with Crippen molar-refractivity contribution in [1.29, 1.82) is 5.26 Å². The van der Waals surface area contributed by atoms with Gasteiger partial charge in [-0.3, -0.25) is 4.79 Å². The highest BCUT2D eigenvalue weighted by Crippen LogP contribution is 2.24. The summed E-state index contributed by atoms with van der Waals surface area (Å²) in [5, 5.41) is 11.3. The van der Waals surface area contributed by atoms with Gasteiger partial charge in [0.1, 0.15) is 11.8 Å². The maximum absolute atomic E-state index is 11.8. The van der Waals surface area contributed by atoms with E-state index in [1.54, 1.807) is 18.2 Å². The summed E-state index contributed by atoms with van der Waals surface area (Å²) in [4.78, 5) is 11.8. The molecule has 0 atom stereocenters. The van der Waals surface area contributed by atoms with Crippen molar-refractivity contribution < 1.29 is 9.53 Å². The van der Waals surface area contributed by atoms with Gasteiger partial charge < -0.3 is 15.8 Å². The Hall–Kier alpha value is -2.22. The van der Waals surface area contributed by atoms with Crippen LogP contribution in [0.2, 0.25) is 0 Å². The van der Waals surface area contributed by atoms with E-state index in [4.69, 9.17) is 15.7 Å². The molecule has 1 saturated carbocycles. The first-order valence-electron chi connectivity index (χ1n) is 5.41. The van der Waals surface area contributed by atoms with Crippen LogP contribution in [-0.2, 0) is 0 Å². The summed E-state index contributed by atoms with van der Waals surface area (Å²) < 4.78 is 5.13. The van der Waals surface area contributed by atoms with E-state index in [-0.39, 0.29) is 12.5 Å². The van der Waals surface area contributed by atoms with Crippen molar-refractivity contribution in [3.63, 3.8) is 0 Å². The molecule has 2 rings (SSSR count). The highest BCUT2D eigenvalue weighted by Gasteiger charge is 2.24. The largest absolute Gasteiger partial charge is 0.477 e. The van der Waals surface area contributed by atoms with Gasteiger partial charge in [0.2, 0.25) is 0 Å². The van der Waals surface area contributed by atoms with Crippen LogP contribution in [0.15, 0.2) is 18.2 Å². The van der Waals surface area contributed by atoms with Crippen LogP contribution in [0, 0.1) is 11.3 Å². The molecule has 1 fully saturated rings. The van der Waals surface area contributed by atoms with E-state index in [1.165, 1.54) is 0 Å². The molecular formula is C12H13N3O2. The molecule has 1 amide bonds. The van der Waals surface area contributed by atoms with Crippen molar-refractivity contribution in [3.8, 4) is 11.8 Å². The number of nitrogens with one attached hydrogen (secondary N) is 1.